The fourth-order valence-electron chi connectivity index (χ4n) is 1.47. The molecule has 1 aromatic carbocycles. The van der Waals surface area contributed by atoms with Gasteiger partial charge >= 0.3 is 12.0 Å². The average Bonchev–Trinajstić information content (AvgIpc) is 2.39. The van der Waals surface area contributed by atoms with Crippen molar-refractivity contribution in [3.05, 3.63) is 29.8 Å². The summed E-state index contributed by atoms with van der Waals surface area (Å²) >= 11 is 0. The Morgan fingerprint density at radius 2 is 1.80 bits per heavy atom. The van der Waals surface area contributed by atoms with Crippen LogP contribution in [-0.4, -0.2) is 46.3 Å². The molecule has 6 heteroatoms. The van der Waals surface area contributed by atoms with Crippen LogP contribution in [0.15, 0.2) is 24.3 Å². The Bertz CT molecular complexity index is 482. The van der Waals surface area contributed by atoms with Gasteiger partial charge in [0.15, 0.2) is 0 Å². The van der Waals surface area contributed by atoms with Crippen LogP contribution < -0.4 is 5.32 Å². The number of hydrogen-bond donors (Lipinski definition) is 3. The molecule has 0 atom stereocenters. The number of rotatable bonds is 5. The van der Waals surface area contributed by atoms with Gasteiger partial charge in [-0.15, -0.1) is 0 Å². The zero-order valence-corrected chi connectivity index (χ0v) is 11.9. The van der Waals surface area contributed by atoms with E-state index in [1.54, 1.807) is 45.2 Å². The van der Waals surface area contributed by atoms with E-state index in [4.69, 9.17) is 5.11 Å². The topological polar surface area (TPSA) is 89.9 Å². The molecule has 0 aliphatic heterocycles. The molecule has 0 saturated heterocycles. The number of nitrogens with zero attached hydrogens (tertiary/aromatic N) is 1. The van der Waals surface area contributed by atoms with Crippen molar-refractivity contribution >= 4 is 17.7 Å². The van der Waals surface area contributed by atoms with E-state index in [-0.39, 0.29) is 19.1 Å². The fraction of sp³-hybridized carbons (Fsp3) is 0.429. The van der Waals surface area contributed by atoms with Gasteiger partial charge in [-0.1, -0.05) is 12.1 Å². The van der Waals surface area contributed by atoms with Crippen LogP contribution in [0.3, 0.4) is 0 Å². The summed E-state index contributed by atoms with van der Waals surface area (Å²) in [6, 6.07) is 6.27. The average molecular weight is 280 g/mol. The number of carboxylic acid groups (broad SMARTS) is 1. The Hall–Kier alpha value is -2.08. The number of aliphatic carboxylic acids is 1. The Morgan fingerprint density at radius 3 is 2.25 bits per heavy atom. The number of aliphatic hydroxyl groups excluding tert-OH is 1. The van der Waals surface area contributed by atoms with Gasteiger partial charge in [0.2, 0.25) is 0 Å². The number of nitrogens with one attached hydrogen (secondary N) is 1. The first kappa shape index (κ1) is 16.0. The molecule has 0 aromatic heterocycles. The highest BCUT2D eigenvalue weighted by molar-refractivity contribution is 5.89. The molecule has 0 fully saturated rings. The molecule has 6 nitrogen and oxygen atoms in total. The highest BCUT2D eigenvalue weighted by Gasteiger charge is 2.26. The second-order valence-electron chi connectivity index (χ2n) is 5.23. The number of carboxylic acids is 1. The molecule has 1 aromatic rings. The minimum Gasteiger partial charge on any atom is -0.481 e. The number of hydrogen-bond acceptors (Lipinski definition) is 3. The maximum atomic E-state index is 12.0. The quantitative estimate of drug-likeness (QED) is 0.763. The van der Waals surface area contributed by atoms with Crippen LogP contribution in [0.5, 0.6) is 0 Å². The molecule has 0 bridgehead atoms. The van der Waals surface area contributed by atoms with E-state index in [1.165, 1.54) is 4.90 Å². The lowest BCUT2D eigenvalue weighted by atomic mass is 10.1. The first-order valence-electron chi connectivity index (χ1n) is 6.22. The standard InChI is InChI=1S/C14H20N2O4/c1-14(2,9-17)16(3)13(20)15-11-6-4-10(5-7-11)8-12(18)19/h4-7,17H,8-9H2,1-3H3,(H,15,20)(H,18,19). The molecular weight excluding hydrogens is 260 g/mol. The van der Waals surface area contributed by atoms with Crippen LogP contribution in [-0.2, 0) is 11.2 Å². The number of anilines is 1. The van der Waals surface area contributed by atoms with Crippen LogP contribution in [0.4, 0.5) is 10.5 Å². The molecule has 0 heterocycles. The minimum atomic E-state index is -0.897. The monoisotopic (exact) mass is 280 g/mol. The largest absolute Gasteiger partial charge is 0.481 e. The second-order valence-corrected chi connectivity index (χ2v) is 5.23. The summed E-state index contributed by atoms with van der Waals surface area (Å²) in [7, 11) is 1.60. The number of benzene rings is 1. The molecule has 3 N–H and O–H groups in total. The third-order valence-corrected chi connectivity index (χ3v) is 3.16. The summed E-state index contributed by atoms with van der Waals surface area (Å²) in [5.41, 5.74) is 0.581. The maximum Gasteiger partial charge on any atom is 0.322 e. The molecule has 2 amide bonds. The van der Waals surface area contributed by atoms with E-state index in [9.17, 15) is 14.7 Å². The van der Waals surface area contributed by atoms with Crippen LogP contribution in [0, 0.1) is 0 Å². The number of aliphatic hydroxyl groups is 1. The number of carbonyl (C=O) groups excluding carboxylic acids is 1. The SMILES string of the molecule is CN(C(=O)Nc1ccc(CC(=O)O)cc1)C(C)(C)CO. The highest BCUT2D eigenvalue weighted by atomic mass is 16.4. The van der Waals surface area contributed by atoms with Crippen molar-refractivity contribution in [3.8, 4) is 0 Å². The molecule has 0 spiro atoms. The summed E-state index contributed by atoms with van der Waals surface area (Å²) in [5, 5.41) is 20.6. The molecule has 110 valence electrons. The van der Waals surface area contributed by atoms with Crippen LogP contribution >= 0.6 is 0 Å². The Balaban J connectivity index is 2.69. The maximum absolute atomic E-state index is 12.0. The van der Waals surface area contributed by atoms with Gasteiger partial charge in [-0.2, -0.15) is 0 Å². The lowest BCUT2D eigenvalue weighted by molar-refractivity contribution is -0.136. The third kappa shape index (κ3) is 4.24. The van der Waals surface area contributed by atoms with E-state index in [0.29, 0.717) is 11.3 Å². The zero-order valence-electron chi connectivity index (χ0n) is 11.9. The van der Waals surface area contributed by atoms with Gasteiger partial charge in [0.05, 0.1) is 18.6 Å². The normalized spacial score (nSPS) is 11.0. The van der Waals surface area contributed by atoms with Gasteiger partial charge in [0.1, 0.15) is 0 Å². The van der Waals surface area contributed by atoms with Gasteiger partial charge in [-0.3, -0.25) is 4.79 Å². The lowest BCUT2D eigenvalue weighted by Crippen LogP contribution is -2.49. The van der Waals surface area contributed by atoms with Crippen LogP contribution in [0.2, 0.25) is 0 Å². The van der Waals surface area contributed by atoms with Gasteiger partial charge in [-0.05, 0) is 31.5 Å². The molecule has 0 aliphatic carbocycles. The van der Waals surface area contributed by atoms with E-state index < -0.39 is 11.5 Å². The molecule has 0 unspecified atom stereocenters. The fourth-order valence-corrected chi connectivity index (χ4v) is 1.47. The van der Waals surface area contributed by atoms with E-state index in [0.717, 1.165) is 0 Å². The third-order valence-electron chi connectivity index (χ3n) is 3.16. The van der Waals surface area contributed by atoms with Crippen LogP contribution in [0.25, 0.3) is 0 Å². The summed E-state index contributed by atoms with van der Waals surface area (Å²) in [6.07, 6.45) is -0.0499. The van der Waals surface area contributed by atoms with Gasteiger partial charge in [-0.25, -0.2) is 4.79 Å². The van der Waals surface area contributed by atoms with Crippen molar-refractivity contribution in [3.63, 3.8) is 0 Å². The predicted octanol–water partition coefficient (Wildman–Crippen LogP) is 1.55. The molecule has 0 saturated carbocycles. The highest BCUT2D eigenvalue weighted by Crippen LogP contribution is 2.15. The summed E-state index contributed by atoms with van der Waals surface area (Å²) < 4.78 is 0. The van der Waals surface area contributed by atoms with E-state index in [1.807, 2.05) is 0 Å². The molecular formula is C14H20N2O4. The number of likely N-dealkylation sites (N-methyl/N-ethyl adjacent to an activating group) is 1. The zero-order chi connectivity index (χ0) is 15.3. The Morgan fingerprint density at radius 1 is 1.25 bits per heavy atom. The molecule has 0 aliphatic rings. The van der Waals surface area contributed by atoms with Crippen molar-refractivity contribution in [2.75, 3.05) is 19.0 Å². The number of carbonyl (C=O) groups is 2. The lowest BCUT2D eigenvalue weighted by Gasteiger charge is -2.33. The van der Waals surface area contributed by atoms with Gasteiger partial charge in [0, 0.05) is 12.7 Å². The number of urea groups is 1. The first-order chi connectivity index (χ1) is 9.26. The molecule has 1 rings (SSSR count). The van der Waals surface area contributed by atoms with E-state index >= 15 is 0 Å². The number of amides is 2. The van der Waals surface area contributed by atoms with Crippen molar-refractivity contribution in [1.82, 2.24) is 4.90 Å². The predicted molar refractivity (Wildman–Crippen MR) is 75.7 cm³/mol. The summed E-state index contributed by atoms with van der Waals surface area (Å²) in [6.45, 7) is 3.36. The van der Waals surface area contributed by atoms with Crippen molar-refractivity contribution in [2.24, 2.45) is 0 Å². The smallest absolute Gasteiger partial charge is 0.322 e. The van der Waals surface area contributed by atoms with Gasteiger partial charge in [0.25, 0.3) is 0 Å². The van der Waals surface area contributed by atoms with Crippen molar-refractivity contribution < 1.29 is 19.8 Å². The van der Waals surface area contributed by atoms with Crippen molar-refractivity contribution in [2.45, 2.75) is 25.8 Å². The first-order valence-corrected chi connectivity index (χ1v) is 6.22. The van der Waals surface area contributed by atoms with Crippen LogP contribution in [0.1, 0.15) is 19.4 Å². The Labute approximate surface area is 118 Å². The van der Waals surface area contributed by atoms with Gasteiger partial charge < -0.3 is 20.4 Å². The Kier molecular flexibility index (Phi) is 5.10. The van der Waals surface area contributed by atoms with Crippen molar-refractivity contribution in [1.29, 1.82) is 0 Å². The minimum absolute atomic E-state index is 0.0499. The molecule has 0 radical (unpaired) electrons. The molecule has 20 heavy (non-hydrogen) atoms. The second kappa shape index (κ2) is 6.38. The summed E-state index contributed by atoms with van der Waals surface area (Å²) in [4.78, 5) is 24.0. The van der Waals surface area contributed by atoms with E-state index in [2.05, 4.69) is 5.32 Å². The summed E-state index contributed by atoms with van der Waals surface area (Å²) in [5.74, 6) is -0.897.